The Morgan fingerprint density at radius 1 is 0.683 bits per heavy atom. The maximum atomic E-state index is 12.2. The zero-order valence-corrected chi connectivity index (χ0v) is 23.8. The van der Waals surface area contributed by atoms with Gasteiger partial charge in [-0.3, -0.25) is 9.59 Å². The molecule has 0 atom stereocenters. The maximum absolute atomic E-state index is 12.2. The molecule has 4 aromatic carbocycles. The van der Waals surface area contributed by atoms with Gasteiger partial charge in [-0.1, -0.05) is 22.7 Å². The topological polar surface area (TPSA) is 102 Å². The van der Waals surface area contributed by atoms with Crippen LogP contribution in [0.15, 0.2) is 70.5 Å². The quantitative estimate of drug-likeness (QED) is 0.242. The number of nitrogens with one attached hydrogen (secondary N) is 2. The van der Waals surface area contributed by atoms with Gasteiger partial charge in [-0.15, -0.1) is 28.6 Å². The Bertz CT molecular complexity index is 1920. The van der Waals surface area contributed by atoms with Gasteiger partial charge in [0.05, 0.1) is 27.6 Å². The summed E-state index contributed by atoms with van der Waals surface area (Å²) in [4.78, 5) is 26.5. The monoisotopic (exact) mass is 596 g/mol. The summed E-state index contributed by atoms with van der Waals surface area (Å²) in [5.74, 6) is 2.21. The minimum atomic E-state index is -0.0126. The normalized spacial score (nSPS) is 15.6. The maximum Gasteiger partial charge on any atom is 0.234 e. The highest BCUT2D eigenvalue weighted by Gasteiger charge is 2.24. The molecule has 0 saturated heterocycles. The summed E-state index contributed by atoms with van der Waals surface area (Å²) >= 11 is 4.41. The molecule has 0 spiro atoms. The second kappa shape index (κ2) is 9.79. The lowest BCUT2D eigenvalue weighted by Crippen LogP contribution is -2.18. The van der Waals surface area contributed by atoms with Crippen molar-refractivity contribution in [3.05, 3.63) is 60.7 Å². The molecule has 4 heterocycles. The summed E-state index contributed by atoms with van der Waals surface area (Å²) < 4.78 is 16.9. The van der Waals surface area contributed by atoms with Gasteiger partial charge in [0.2, 0.25) is 11.8 Å². The van der Waals surface area contributed by atoms with E-state index in [4.69, 9.17) is 9.47 Å². The molecule has 0 bridgehead atoms. The number of nitrogens with zero attached hydrogens (tertiary/aromatic N) is 2. The predicted molar refractivity (Wildman–Crippen MR) is 163 cm³/mol. The van der Waals surface area contributed by atoms with E-state index in [1.165, 1.54) is 35.1 Å². The fourth-order valence-electron chi connectivity index (χ4n) is 5.37. The van der Waals surface area contributed by atoms with Gasteiger partial charge >= 0.3 is 0 Å². The highest BCUT2D eigenvalue weighted by Crippen LogP contribution is 2.47. The molecule has 3 aliphatic heterocycles. The minimum Gasteiger partial charge on any atom is -0.486 e. The second-order valence-electron chi connectivity index (χ2n) is 9.75. The van der Waals surface area contributed by atoms with E-state index in [0.717, 1.165) is 70.5 Å². The second-order valence-corrected chi connectivity index (χ2v) is 12.5. The Kier molecular flexibility index (Phi) is 5.90. The molecule has 202 valence electrons. The van der Waals surface area contributed by atoms with E-state index in [1.807, 2.05) is 30.3 Å². The molecular formula is C30H20N4O4S3. The van der Waals surface area contributed by atoms with Crippen molar-refractivity contribution >= 4 is 68.5 Å². The number of anilines is 2. The van der Waals surface area contributed by atoms with Crippen LogP contribution < -0.4 is 20.1 Å². The van der Waals surface area contributed by atoms with Crippen LogP contribution in [0.4, 0.5) is 11.4 Å². The molecule has 0 unspecified atom stereocenters. The van der Waals surface area contributed by atoms with Crippen molar-refractivity contribution in [3.8, 4) is 44.9 Å². The van der Waals surface area contributed by atoms with E-state index >= 15 is 0 Å². The third-order valence-corrected chi connectivity index (χ3v) is 10.1. The van der Waals surface area contributed by atoms with E-state index in [-0.39, 0.29) is 11.8 Å². The Labute approximate surface area is 247 Å². The third-order valence-electron chi connectivity index (χ3n) is 7.21. The zero-order chi connectivity index (χ0) is 27.5. The number of hydrogen-bond donors (Lipinski definition) is 2. The lowest BCUT2D eigenvalue weighted by Gasteiger charge is -2.21. The Balaban J connectivity index is 1.38. The standard InChI is InChI=1S/C30H20N4O4S3/c35-26-13-39-24-5-2-15(9-20(24)31-26)18-12-19(16-1-4-22-23(11-16)38-8-7-37-22)29-30(41-34-33-29)28(18)17-3-6-25-21(10-17)32-27(36)14-40-25/h1-6,9-12H,7-8,13-14H2,(H,31,35)(H,32,36). The van der Waals surface area contributed by atoms with Gasteiger partial charge in [-0.2, -0.15) is 0 Å². The lowest BCUT2D eigenvalue weighted by atomic mass is 9.89. The summed E-state index contributed by atoms with van der Waals surface area (Å²) in [7, 11) is 0. The molecular weight excluding hydrogens is 577 g/mol. The van der Waals surface area contributed by atoms with Crippen LogP contribution in [0.25, 0.3) is 43.6 Å². The first kappa shape index (κ1) is 24.7. The summed E-state index contributed by atoms with van der Waals surface area (Å²) in [5.41, 5.74) is 8.07. The number of rotatable bonds is 3. The number of benzene rings is 4. The first-order valence-electron chi connectivity index (χ1n) is 12.9. The van der Waals surface area contributed by atoms with Gasteiger partial charge in [0.1, 0.15) is 18.7 Å². The van der Waals surface area contributed by atoms with Crippen molar-refractivity contribution in [1.82, 2.24) is 9.59 Å². The molecule has 2 amide bonds. The molecule has 41 heavy (non-hydrogen) atoms. The van der Waals surface area contributed by atoms with Crippen molar-refractivity contribution in [2.75, 3.05) is 35.4 Å². The van der Waals surface area contributed by atoms with Gasteiger partial charge in [-0.05, 0) is 76.3 Å². The molecule has 0 aliphatic carbocycles. The number of fused-ring (bicyclic) bond motifs is 4. The lowest BCUT2D eigenvalue weighted by molar-refractivity contribution is -0.114. The molecule has 2 N–H and O–H groups in total. The minimum absolute atomic E-state index is 0.0121. The van der Waals surface area contributed by atoms with Gasteiger partial charge in [0, 0.05) is 20.9 Å². The first-order valence-corrected chi connectivity index (χ1v) is 15.7. The van der Waals surface area contributed by atoms with Crippen LogP contribution in [-0.2, 0) is 9.59 Å². The highest BCUT2D eigenvalue weighted by molar-refractivity contribution is 8.00. The fourth-order valence-corrected chi connectivity index (χ4v) is 7.71. The summed E-state index contributed by atoms with van der Waals surface area (Å²) in [6.07, 6.45) is 0. The molecule has 11 heteroatoms. The highest BCUT2D eigenvalue weighted by atomic mass is 32.2. The summed E-state index contributed by atoms with van der Waals surface area (Å²) in [6, 6.07) is 20.4. The molecule has 5 aromatic rings. The van der Waals surface area contributed by atoms with Crippen molar-refractivity contribution in [2.24, 2.45) is 0 Å². The van der Waals surface area contributed by atoms with Crippen LogP contribution >= 0.6 is 35.1 Å². The van der Waals surface area contributed by atoms with Crippen molar-refractivity contribution in [2.45, 2.75) is 9.79 Å². The van der Waals surface area contributed by atoms with E-state index in [1.54, 1.807) is 0 Å². The molecule has 0 radical (unpaired) electrons. The molecule has 1 aromatic heterocycles. The van der Waals surface area contributed by atoms with E-state index in [2.05, 4.69) is 50.6 Å². The zero-order valence-electron chi connectivity index (χ0n) is 21.4. The van der Waals surface area contributed by atoms with Crippen LogP contribution in [0.2, 0.25) is 0 Å². The van der Waals surface area contributed by atoms with Crippen LogP contribution in [0.5, 0.6) is 11.5 Å². The molecule has 3 aliphatic rings. The van der Waals surface area contributed by atoms with Crippen molar-refractivity contribution in [1.29, 1.82) is 0 Å². The van der Waals surface area contributed by atoms with Crippen molar-refractivity contribution in [3.63, 3.8) is 0 Å². The number of carbonyl (C=O) groups is 2. The van der Waals surface area contributed by atoms with Gasteiger partial charge in [-0.25, -0.2) is 0 Å². The Hall–Kier alpha value is -4.06. The first-order chi connectivity index (χ1) is 20.1. The fraction of sp³-hybridized carbons (Fsp3) is 0.133. The number of hydrogen-bond acceptors (Lipinski definition) is 9. The van der Waals surface area contributed by atoms with Gasteiger partial charge in [0.15, 0.2) is 11.5 Å². The van der Waals surface area contributed by atoms with E-state index in [9.17, 15) is 9.59 Å². The average molecular weight is 597 g/mol. The number of amides is 2. The van der Waals surface area contributed by atoms with E-state index in [0.29, 0.717) is 30.5 Å². The average Bonchev–Trinajstić information content (AvgIpc) is 3.49. The number of thioether (sulfide) groups is 2. The van der Waals surface area contributed by atoms with Crippen LogP contribution in [-0.4, -0.2) is 46.1 Å². The molecule has 8 rings (SSSR count). The van der Waals surface area contributed by atoms with Crippen LogP contribution in [0.3, 0.4) is 0 Å². The number of carbonyl (C=O) groups excluding carboxylic acids is 2. The van der Waals surface area contributed by atoms with Crippen molar-refractivity contribution < 1.29 is 19.1 Å². The SMILES string of the molecule is O=C1CSc2ccc(-c3cc(-c4ccc5c(c4)OCCO5)c4nnsc4c3-c3ccc4c(c3)NC(=O)CS4)cc2N1. The number of ether oxygens (including phenoxy) is 2. The number of aromatic nitrogens is 2. The smallest absolute Gasteiger partial charge is 0.234 e. The predicted octanol–water partition coefficient (Wildman–Crippen LogP) is 6.55. The van der Waals surface area contributed by atoms with Gasteiger partial charge < -0.3 is 20.1 Å². The third kappa shape index (κ3) is 4.32. The molecule has 0 fully saturated rings. The van der Waals surface area contributed by atoms with Crippen LogP contribution in [0, 0.1) is 0 Å². The molecule has 8 nitrogen and oxygen atoms in total. The van der Waals surface area contributed by atoms with Crippen LogP contribution in [0.1, 0.15) is 0 Å². The summed E-state index contributed by atoms with van der Waals surface area (Å²) in [5, 5.41) is 10.6. The Morgan fingerprint density at radius 3 is 2.07 bits per heavy atom. The largest absolute Gasteiger partial charge is 0.486 e. The van der Waals surface area contributed by atoms with E-state index < -0.39 is 0 Å². The molecule has 0 saturated carbocycles. The van der Waals surface area contributed by atoms with Gasteiger partial charge in [0.25, 0.3) is 0 Å². The summed E-state index contributed by atoms with van der Waals surface area (Å²) in [6.45, 7) is 1.03. The Morgan fingerprint density at radius 2 is 1.32 bits per heavy atom.